The highest BCUT2D eigenvalue weighted by atomic mass is 16.5. The minimum Gasteiger partial charge on any atom is -0.507 e. The number of nitrogens with zero attached hydrogens (tertiary/aromatic N) is 4. The summed E-state index contributed by atoms with van der Waals surface area (Å²) < 4.78 is 6.98. The van der Waals surface area contributed by atoms with Gasteiger partial charge in [-0.3, -0.25) is 14.6 Å². The minimum atomic E-state index is -0.791. The predicted octanol–water partition coefficient (Wildman–Crippen LogP) is 2.91. The van der Waals surface area contributed by atoms with E-state index in [0.29, 0.717) is 41.9 Å². The number of aryl methyl sites for hydroxylation is 2. The van der Waals surface area contributed by atoms with Crippen LogP contribution in [0.5, 0.6) is 0 Å². The summed E-state index contributed by atoms with van der Waals surface area (Å²) in [6.07, 6.45) is 8.93. The Labute approximate surface area is 202 Å². The molecule has 182 valence electrons. The number of pyridine rings is 1. The summed E-state index contributed by atoms with van der Waals surface area (Å²) in [5, 5.41) is 11.4. The van der Waals surface area contributed by atoms with E-state index in [2.05, 4.69) is 15.0 Å². The number of aliphatic hydroxyl groups excluding tert-OH is 1. The van der Waals surface area contributed by atoms with E-state index in [-0.39, 0.29) is 23.6 Å². The zero-order valence-corrected chi connectivity index (χ0v) is 19.8. The van der Waals surface area contributed by atoms with Gasteiger partial charge in [-0.25, -0.2) is 9.78 Å². The number of Topliss-reactive ketones (excluding diaryl/α,β-unsaturated/α-hetero) is 1. The third kappa shape index (κ3) is 4.46. The lowest BCUT2D eigenvalue weighted by Crippen LogP contribution is -2.31. The van der Waals surface area contributed by atoms with Gasteiger partial charge in [0, 0.05) is 49.1 Å². The van der Waals surface area contributed by atoms with Gasteiger partial charge in [-0.05, 0) is 50.5 Å². The number of imidazole rings is 1. The summed E-state index contributed by atoms with van der Waals surface area (Å²) in [5.74, 6) is -2.35. The van der Waals surface area contributed by atoms with Crippen molar-refractivity contribution < 1.29 is 24.2 Å². The van der Waals surface area contributed by atoms with Crippen LogP contribution in [0.4, 0.5) is 0 Å². The molecular weight excluding hydrogens is 450 g/mol. The molecule has 35 heavy (non-hydrogen) atoms. The van der Waals surface area contributed by atoms with Gasteiger partial charge in [0.05, 0.1) is 24.5 Å². The van der Waals surface area contributed by atoms with Gasteiger partial charge in [0.1, 0.15) is 11.5 Å². The van der Waals surface area contributed by atoms with Gasteiger partial charge in [0.25, 0.3) is 11.7 Å². The molecule has 0 spiro atoms. The van der Waals surface area contributed by atoms with Gasteiger partial charge in [0.15, 0.2) is 0 Å². The maximum Gasteiger partial charge on any atom is 0.355 e. The second-order valence-corrected chi connectivity index (χ2v) is 8.27. The van der Waals surface area contributed by atoms with Crippen LogP contribution in [0.25, 0.3) is 5.76 Å². The van der Waals surface area contributed by atoms with Crippen LogP contribution in [0.3, 0.4) is 0 Å². The van der Waals surface area contributed by atoms with Crippen LogP contribution < -0.4 is 0 Å². The van der Waals surface area contributed by atoms with Crippen LogP contribution in [0.1, 0.15) is 52.3 Å². The largest absolute Gasteiger partial charge is 0.507 e. The van der Waals surface area contributed by atoms with Gasteiger partial charge in [-0.2, -0.15) is 0 Å². The first-order chi connectivity index (χ1) is 16.8. The van der Waals surface area contributed by atoms with Crippen molar-refractivity contribution in [1.29, 1.82) is 0 Å². The lowest BCUT2D eigenvalue weighted by molar-refractivity contribution is -0.139. The summed E-state index contributed by atoms with van der Waals surface area (Å²) in [6.45, 7) is 6.16. The molecule has 0 aliphatic carbocycles. The van der Waals surface area contributed by atoms with Crippen LogP contribution in [-0.4, -0.2) is 60.3 Å². The number of esters is 1. The Bertz CT molecular complexity index is 1280. The molecule has 1 atom stereocenters. The first-order valence-corrected chi connectivity index (χ1v) is 11.4. The lowest BCUT2D eigenvalue weighted by Gasteiger charge is -2.25. The van der Waals surface area contributed by atoms with E-state index in [1.807, 2.05) is 10.8 Å². The molecule has 0 bridgehead atoms. The summed E-state index contributed by atoms with van der Waals surface area (Å²) in [4.78, 5) is 51.2. The topological polar surface area (TPSA) is 130 Å². The highest BCUT2D eigenvalue weighted by molar-refractivity contribution is 6.46. The average molecular weight is 478 g/mol. The molecule has 1 saturated heterocycles. The number of nitrogens with one attached hydrogen (secondary N) is 1. The van der Waals surface area contributed by atoms with E-state index >= 15 is 0 Å². The molecule has 3 aromatic rings. The molecule has 1 aliphatic heterocycles. The fourth-order valence-corrected chi connectivity index (χ4v) is 4.49. The van der Waals surface area contributed by atoms with Crippen LogP contribution in [-0.2, 0) is 20.9 Å². The van der Waals surface area contributed by atoms with Crippen molar-refractivity contribution in [3.8, 4) is 0 Å². The van der Waals surface area contributed by atoms with Gasteiger partial charge < -0.3 is 24.3 Å². The van der Waals surface area contributed by atoms with E-state index in [4.69, 9.17) is 4.74 Å². The molecule has 2 N–H and O–H groups in total. The normalized spacial score (nSPS) is 17.2. The summed E-state index contributed by atoms with van der Waals surface area (Å²) in [5.41, 5.74) is 2.06. The standard InChI is InChI=1S/C25H27N5O5/c1-4-35-25(34)20-15(2)18(16(3)28-20)22(31)19-21(17-6-8-26-9-7-17)30(24(33)23(19)32)12-5-11-29-13-10-27-14-29/h6-10,13-14,21,28,31H,4-5,11-12H2,1-3H3/t21-/m1/s1. The number of aliphatic hydroxyl groups is 1. The van der Waals surface area contributed by atoms with Crippen LogP contribution in [0.15, 0.2) is 48.8 Å². The molecule has 0 unspecified atom stereocenters. The molecule has 0 saturated carbocycles. The third-order valence-electron chi connectivity index (χ3n) is 6.09. The first kappa shape index (κ1) is 23.9. The number of carbonyl (C=O) groups is 3. The van der Waals surface area contributed by atoms with E-state index in [1.165, 1.54) is 4.90 Å². The summed E-state index contributed by atoms with van der Waals surface area (Å²) >= 11 is 0. The van der Waals surface area contributed by atoms with Gasteiger partial charge in [-0.15, -0.1) is 0 Å². The molecule has 10 heteroatoms. The Hall–Kier alpha value is -4.21. The lowest BCUT2D eigenvalue weighted by atomic mass is 9.94. The fourth-order valence-electron chi connectivity index (χ4n) is 4.49. The summed E-state index contributed by atoms with van der Waals surface area (Å²) in [7, 11) is 0. The number of ether oxygens (including phenoxy) is 1. The number of hydrogen-bond donors (Lipinski definition) is 2. The Kier molecular flexibility index (Phi) is 6.81. The van der Waals surface area contributed by atoms with Crippen LogP contribution in [0.2, 0.25) is 0 Å². The van der Waals surface area contributed by atoms with Crippen molar-refractivity contribution in [2.24, 2.45) is 0 Å². The average Bonchev–Trinajstić information content (AvgIpc) is 3.53. The monoisotopic (exact) mass is 477 g/mol. The number of hydrogen-bond acceptors (Lipinski definition) is 7. The Balaban J connectivity index is 1.77. The van der Waals surface area contributed by atoms with Gasteiger partial charge in [0.2, 0.25) is 0 Å². The van der Waals surface area contributed by atoms with Gasteiger partial charge >= 0.3 is 5.97 Å². The van der Waals surface area contributed by atoms with Crippen molar-refractivity contribution in [2.45, 2.75) is 39.8 Å². The van der Waals surface area contributed by atoms with Crippen molar-refractivity contribution in [1.82, 2.24) is 24.4 Å². The minimum absolute atomic E-state index is 0.0237. The van der Waals surface area contributed by atoms with E-state index < -0.39 is 23.7 Å². The molecule has 1 amide bonds. The fraction of sp³-hybridized carbons (Fsp3) is 0.320. The van der Waals surface area contributed by atoms with E-state index in [1.54, 1.807) is 57.8 Å². The number of carbonyl (C=O) groups excluding carboxylic acids is 3. The molecule has 4 rings (SSSR count). The number of rotatable bonds is 8. The van der Waals surface area contributed by atoms with Crippen molar-refractivity contribution in [3.63, 3.8) is 0 Å². The second-order valence-electron chi connectivity index (χ2n) is 8.27. The highest BCUT2D eigenvalue weighted by Gasteiger charge is 2.46. The maximum atomic E-state index is 13.2. The molecular formula is C25H27N5O5. The Morgan fingerprint density at radius 3 is 2.54 bits per heavy atom. The molecule has 10 nitrogen and oxygen atoms in total. The smallest absolute Gasteiger partial charge is 0.355 e. The first-order valence-electron chi connectivity index (χ1n) is 11.4. The van der Waals surface area contributed by atoms with E-state index in [0.717, 1.165) is 0 Å². The van der Waals surface area contributed by atoms with Crippen LogP contribution >= 0.6 is 0 Å². The van der Waals surface area contributed by atoms with Crippen LogP contribution in [0, 0.1) is 13.8 Å². The molecule has 0 radical (unpaired) electrons. The highest BCUT2D eigenvalue weighted by Crippen LogP contribution is 2.40. The number of amides is 1. The van der Waals surface area contributed by atoms with Gasteiger partial charge in [-0.1, -0.05) is 0 Å². The zero-order chi connectivity index (χ0) is 25.1. The van der Waals surface area contributed by atoms with Crippen molar-refractivity contribution in [2.75, 3.05) is 13.2 Å². The number of aromatic nitrogens is 4. The molecule has 1 fully saturated rings. The molecule has 0 aromatic carbocycles. The number of ketones is 1. The number of aromatic amines is 1. The molecule has 1 aliphatic rings. The third-order valence-corrected chi connectivity index (χ3v) is 6.09. The predicted molar refractivity (Wildman–Crippen MR) is 126 cm³/mol. The van der Waals surface area contributed by atoms with Crippen molar-refractivity contribution >= 4 is 23.4 Å². The molecule has 4 heterocycles. The molecule has 3 aromatic heterocycles. The summed E-state index contributed by atoms with van der Waals surface area (Å²) in [6, 6.07) is 2.64. The zero-order valence-electron chi connectivity index (χ0n) is 19.8. The number of likely N-dealkylation sites (tertiary alicyclic amines) is 1. The van der Waals surface area contributed by atoms with Crippen molar-refractivity contribution in [3.05, 3.63) is 76.9 Å². The quantitative estimate of drug-likeness (QED) is 0.221. The second kappa shape index (κ2) is 9.96. The maximum absolute atomic E-state index is 13.2. The SMILES string of the molecule is CCOC(=O)c1[nH]c(C)c(C(O)=C2C(=O)C(=O)N(CCCn3ccnc3)[C@@H]2c2ccncc2)c1C. The Morgan fingerprint density at radius 1 is 1.14 bits per heavy atom. The Morgan fingerprint density at radius 2 is 1.89 bits per heavy atom. The number of H-pyrrole nitrogens is 1. The van der Waals surface area contributed by atoms with E-state index in [9.17, 15) is 19.5 Å².